The number of carbonyl (C=O) groups is 2. The molecule has 0 saturated heterocycles. The zero-order valence-corrected chi connectivity index (χ0v) is 27.8. The van der Waals surface area contributed by atoms with E-state index in [9.17, 15) is 23.1 Å². The molecule has 0 fully saturated rings. The van der Waals surface area contributed by atoms with Crippen molar-refractivity contribution in [1.82, 2.24) is 16.0 Å². The van der Waals surface area contributed by atoms with Gasteiger partial charge in [-0.15, -0.1) is 0 Å². The maximum atomic E-state index is 13.8. The summed E-state index contributed by atoms with van der Waals surface area (Å²) >= 11 is 0. The number of amides is 2. The van der Waals surface area contributed by atoms with Gasteiger partial charge in [-0.3, -0.25) is 13.9 Å². The predicted octanol–water partition coefficient (Wildman–Crippen LogP) is 4.07. The minimum atomic E-state index is -3.71. The van der Waals surface area contributed by atoms with Gasteiger partial charge in [-0.05, 0) is 60.4 Å². The molecular formula is C36H42N4O6S. The molecule has 11 heteroatoms. The normalized spacial score (nSPS) is 13.2. The molecule has 248 valence electrons. The zero-order chi connectivity index (χ0) is 34.0. The lowest BCUT2D eigenvalue weighted by Gasteiger charge is -2.26. The summed E-state index contributed by atoms with van der Waals surface area (Å²) in [4.78, 5) is 27.2. The Bertz CT molecular complexity index is 1750. The molecule has 3 atom stereocenters. The first-order valence-corrected chi connectivity index (χ1v) is 17.1. The number of carbonyl (C=O) groups excluding carboxylic acids is 2. The number of benzene rings is 4. The monoisotopic (exact) mass is 658 g/mol. The molecule has 0 radical (unpaired) electrons. The van der Waals surface area contributed by atoms with Crippen molar-refractivity contribution in [3.05, 3.63) is 131 Å². The summed E-state index contributed by atoms with van der Waals surface area (Å²) in [6.45, 7) is 2.49. The fourth-order valence-corrected chi connectivity index (χ4v) is 5.53. The van der Waals surface area contributed by atoms with Crippen molar-refractivity contribution in [3.8, 4) is 5.75 Å². The number of hydrogen-bond donors (Lipinski definition) is 4. The van der Waals surface area contributed by atoms with E-state index in [-0.39, 0.29) is 29.4 Å². The molecular weight excluding hydrogens is 616 g/mol. The highest BCUT2D eigenvalue weighted by Gasteiger charge is 2.25. The van der Waals surface area contributed by atoms with Gasteiger partial charge in [0.15, 0.2) is 0 Å². The first-order valence-electron chi connectivity index (χ1n) is 15.3. The lowest BCUT2D eigenvalue weighted by Crippen LogP contribution is -2.48. The van der Waals surface area contributed by atoms with Gasteiger partial charge in [-0.1, -0.05) is 72.8 Å². The van der Waals surface area contributed by atoms with Crippen LogP contribution in [0.5, 0.6) is 5.75 Å². The average Bonchev–Trinajstić information content (AvgIpc) is 3.07. The Morgan fingerprint density at radius 3 is 2.04 bits per heavy atom. The van der Waals surface area contributed by atoms with Crippen molar-refractivity contribution in [2.24, 2.45) is 0 Å². The van der Waals surface area contributed by atoms with Crippen molar-refractivity contribution >= 4 is 27.5 Å². The molecule has 0 aliphatic carbocycles. The van der Waals surface area contributed by atoms with Crippen LogP contribution in [-0.2, 0) is 23.0 Å². The molecule has 0 heterocycles. The third kappa shape index (κ3) is 10.1. The number of aliphatic hydroxyl groups is 1. The first-order chi connectivity index (χ1) is 22.4. The lowest BCUT2D eigenvalue weighted by molar-refractivity contribution is 0.0830. The van der Waals surface area contributed by atoms with Crippen LogP contribution in [0.15, 0.2) is 103 Å². The third-order valence-corrected chi connectivity index (χ3v) is 9.05. The van der Waals surface area contributed by atoms with E-state index in [1.165, 1.54) is 25.2 Å². The summed E-state index contributed by atoms with van der Waals surface area (Å²) in [5, 5.41) is 20.4. The summed E-state index contributed by atoms with van der Waals surface area (Å²) < 4.78 is 31.2. The van der Waals surface area contributed by atoms with E-state index in [1.54, 1.807) is 7.11 Å². The number of ether oxygens (including phenoxy) is 1. The van der Waals surface area contributed by atoms with Gasteiger partial charge < -0.3 is 25.8 Å². The van der Waals surface area contributed by atoms with Crippen LogP contribution in [0.1, 0.15) is 50.4 Å². The maximum absolute atomic E-state index is 13.8. The number of anilines is 1. The van der Waals surface area contributed by atoms with Gasteiger partial charge in [-0.2, -0.15) is 0 Å². The average molecular weight is 659 g/mol. The molecule has 2 amide bonds. The first kappa shape index (κ1) is 35.1. The number of aliphatic hydroxyl groups excluding tert-OH is 1. The van der Waals surface area contributed by atoms with Gasteiger partial charge in [0.1, 0.15) is 5.75 Å². The Morgan fingerprint density at radius 1 is 0.830 bits per heavy atom. The molecule has 4 N–H and O–H groups in total. The van der Waals surface area contributed by atoms with Crippen molar-refractivity contribution in [2.75, 3.05) is 31.3 Å². The number of rotatable bonds is 15. The van der Waals surface area contributed by atoms with E-state index < -0.39 is 34.0 Å². The Hall–Kier alpha value is -4.71. The Morgan fingerprint density at radius 2 is 1.43 bits per heavy atom. The van der Waals surface area contributed by atoms with Crippen molar-refractivity contribution in [3.63, 3.8) is 0 Å². The molecule has 0 bridgehead atoms. The second kappa shape index (κ2) is 16.2. The summed E-state index contributed by atoms with van der Waals surface area (Å²) in [5.74, 6) is -0.307. The van der Waals surface area contributed by atoms with E-state index in [0.717, 1.165) is 33.0 Å². The summed E-state index contributed by atoms with van der Waals surface area (Å²) in [7, 11) is -0.750. The van der Waals surface area contributed by atoms with Gasteiger partial charge in [-0.25, -0.2) is 8.42 Å². The highest BCUT2D eigenvalue weighted by atomic mass is 32.2. The molecule has 0 spiro atoms. The number of methoxy groups -OCH3 is 1. The Kier molecular flexibility index (Phi) is 12.1. The summed E-state index contributed by atoms with van der Waals surface area (Å²) in [5.41, 5.74) is 3.11. The molecule has 0 aliphatic rings. The Labute approximate surface area is 276 Å². The number of sulfonamides is 1. The van der Waals surface area contributed by atoms with Gasteiger partial charge >= 0.3 is 0 Å². The van der Waals surface area contributed by atoms with E-state index in [2.05, 4.69) is 16.0 Å². The van der Waals surface area contributed by atoms with Crippen molar-refractivity contribution in [1.29, 1.82) is 0 Å². The minimum absolute atomic E-state index is 0.0742. The molecule has 10 nitrogen and oxygen atoms in total. The van der Waals surface area contributed by atoms with Crippen LogP contribution < -0.4 is 25.0 Å². The SMILES string of the molecule is COc1cccc(CNC[C@H](O)[C@H](Cc2ccccc2)NC(=O)c2cc(C(=O)N[C@H](C)c3ccccc3)cc(N(C)S(C)(=O)=O)c2)c1. The highest BCUT2D eigenvalue weighted by molar-refractivity contribution is 7.92. The summed E-state index contributed by atoms with van der Waals surface area (Å²) in [6, 6.07) is 29.7. The minimum Gasteiger partial charge on any atom is -0.497 e. The zero-order valence-electron chi connectivity index (χ0n) is 27.0. The van der Waals surface area contributed by atoms with E-state index in [0.29, 0.717) is 13.0 Å². The van der Waals surface area contributed by atoms with Crippen LogP contribution in [0.25, 0.3) is 0 Å². The molecule has 0 aliphatic heterocycles. The molecule has 0 saturated carbocycles. The van der Waals surface area contributed by atoms with E-state index >= 15 is 0 Å². The number of nitrogens with one attached hydrogen (secondary N) is 3. The predicted molar refractivity (Wildman–Crippen MR) is 184 cm³/mol. The fraction of sp³-hybridized carbons (Fsp3) is 0.278. The second-order valence-corrected chi connectivity index (χ2v) is 13.4. The maximum Gasteiger partial charge on any atom is 0.251 e. The van der Waals surface area contributed by atoms with Crippen LogP contribution >= 0.6 is 0 Å². The van der Waals surface area contributed by atoms with Crippen LogP contribution in [0.3, 0.4) is 0 Å². The van der Waals surface area contributed by atoms with Crippen molar-refractivity contribution < 1.29 is 27.9 Å². The number of nitrogens with zero attached hydrogens (tertiary/aromatic N) is 1. The second-order valence-electron chi connectivity index (χ2n) is 11.4. The molecule has 4 aromatic carbocycles. The third-order valence-electron chi connectivity index (χ3n) is 7.85. The van der Waals surface area contributed by atoms with Crippen molar-refractivity contribution in [2.45, 2.75) is 38.1 Å². The van der Waals surface area contributed by atoms with Crippen LogP contribution in [0.2, 0.25) is 0 Å². The Balaban J connectivity index is 1.58. The lowest BCUT2D eigenvalue weighted by atomic mass is 10.00. The number of hydrogen-bond acceptors (Lipinski definition) is 7. The van der Waals surface area contributed by atoms with E-state index in [1.807, 2.05) is 91.9 Å². The summed E-state index contributed by atoms with van der Waals surface area (Å²) in [6.07, 6.45) is 0.391. The molecule has 0 unspecified atom stereocenters. The van der Waals surface area contributed by atoms with Gasteiger partial charge in [0.05, 0.1) is 37.2 Å². The molecule has 4 rings (SSSR count). The van der Waals surface area contributed by atoms with E-state index in [4.69, 9.17) is 4.74 Å². The van der Waals surface area contributed by atoms with Crippen LogP contribution in [0, 0.1) is 0 Å². The van der Waals surface area contributed by atoms with Gasteiger partial charge in [0.2, 0.25) is 10.0 Å². The van der Waals surface area contributed by atoms with Crippen LogP contribution in [-0.4, -0.2) is 64.4 Å². The fourth-order valence-electron chi connectivity index (χ4n) is 5.04. The largest absolute Gasteiger partial charge is 0.497 e. The smallest absolute Gasteiger partial charge is 0.251 e. The molecule has 0 aromatic heterocycles. The topological polar surface area (TPSA) is 137 Å². The highest BCUT2D eigenvalue weighted by Crippen LogP contribution is 2.22. The van der Waals surface area contributed by atoms with Gasteiger partial charge in [0.25, 0.3) is 11.8 Å². The standard InChI is InChI=1S/C36H42N4O6S/c1-25(28-15-9-6-10-16-28)38-35(42)29-20-30(22-31(21-29)40(2)47(4,44)45)36(43)39-33(19-26-12-7-5-8-13-26)34(41)24-37-23-27-14-11-17-32(18-27)46-3/h5-18,20-22,25,33-34,37,41H,19,23-24H2,1-4H3,(H,38,42)(H,39,43)/t25-,33+,34+/m1/s1. The van der Waals surface area contributed by atoms with Crippen LogP contribution in [0.4, 0.5) is 5.69 Å². The molecule has 4 aromatic rings. The van der Waals surface area contributed by atoms with Gasteiger partial charge in [0, 0.05) is 31.3 Å². The quantitative estimate of drug-likeness (QED) is 0.151. The molecule has 47 heavy (non-hydrogen) atoms.